The Morgan fingerprint density at radius 2 is 2.17 bits per heavy atom. The fourth-order valence-electron chi connectivity index (χ4n) is 2.53. The summed E-state index contributed by atoms with van der Waals surface area (Å²) in [5.74, 6) is 0.366. The maximum Gasteiger partial charge on any atom is 0.325 e. The number of nitrogens with one attached hydrogen (secondary N) is 1. The van der Waals surface area contributed by atoms with Crippen molar-refractivity contribution in [2.75, 3.05) is 0 Å². The van der Waals surface area contributed by atoms with Crippen LogP contribution in [0.25, 0.3) is 11.5 Å². The third-order valence-electron chi connectivity index (χ3n) is 3.82. The van der Waals surface area contributed by atoms with Crippen LogP contribution in [-0.2, 0) is 16.9 Å². The number of carbonyl (C=O) groups is 2. The number of furan rings is 2. The van der Waals surface area contributed by atoms with E-state index in [9.17, 15) is 9.59 Å². The molecule has 0 spiro atoms. The second-order valence-corrected chi connectivity index (χ2v) is 5.45. The number of hydrogen-bond acceptors (Lipinski definition) is 7. The molecular formula is C15H12N4O5. The molecule has 1 fully saturated rings. The lowest BCUT2D eigenvalue weighted by Crippen LogP contribution is -2.40. The Kier molecular flexibility index (Phi) is 3.02. The van der Waals surface area contributed by atoms with Crippen LogP contribution in [0.4, 0.5) is 4.79 Å². The van der Waals surface area contributed by atoms with Gasteiger partial charge in [-0.15, -0.1) is 0 Å². The van der Waals surface area contributed by atoms with Crippen molar-refractivity contribution in [2.45, 2.75) is 19.0 Å². The molecule has 0 aliphatic carbocycles. The molecular weight excluding hydrogens is 316 g/mol. The zero-order chi connectivity index (χ0) is 16.7. The minimum absolute atomic E-state index is 0.109. The summed E-state index contributed by atoms with van der Waals surface area (Å²) in [6, 6.07) is 4.40. The third-order valence-corrected chi connectivity index (χ3v) is 3.82. The molecule has 0 aromatic carbocycles. The minimum atomic E-state index is -1.25. The molecule has 1 unspecified atom stereocenters. The van der Waals surface area contributed by atoms with Gasteiger partial charge in [0.15, 0.2) is 11.4 Å². The first kappa shape index (κ1) is 14.2. The van der Waals surface area contributed by atoms with E-state index in [1.54, 1.807) is 25.1 Å². The van der Waals surface area contributed by atoms with Crippen LogP contribution < -0.4 is 5.32 Å². The van der Waals surface area contributed by atoms with Gasteiger partial charge >= 0.3 is 6.03 Å². The quantitative estimate of drug-likeness (QED) is 0.727. The van der Waals surface area contributed by atoms with Crippen LogP contribution in [0.2, 0.25) is 0 Å². The van der Waals surface area contributed by atoms with E-state index in [4.69, 9.17) is 13.4 Å². The van der Waals surface area contributed by atoms with E-state index in [0.29, 0.717) is 11.3 Å². The minimum Gasteiger partial charge on any atom is -0.472 e. The van der Waals surface area contributed by atoms with Gasteiger partial charge in [-0.2, -0.15) is 4.98 Å². The van der Waals surface area contributed by atoms with E-state index in [-0.39, 0.29) is 18.3 Å². The van der Waals surface area contributed by atoms with Crippen LogP contribution >= 0.6 is 0 Å². The SMILES string of the molecule is CC1(c2ccco2)NC(=O)N(Cc2noc(-c3ccoc3)n2)C1=O. The average molecular weight is 328 g/mol. The summed E-state index contributed by atoms with van der Waals surface area (Å²) >= 11 is 0. The van der Waals surface area contributed by atoms with Crippen LogP contribution in [0.1, 0.15) is 18.5 Å². The van der Waals surface area contributed by atoms with Gasteiger partial charge < -0.3 is 18.7 Å². The van der Waals surface area contributed by atoms with Crippen molar-refractivity contribution in [1.82, 2.24) is 20.4 Å². The molecule has 1 atom stereocenters. The van der Waals surface area contributed by atoms with Gasteiger partial charge in [0.05, 0.1) is 24.6 Å². The fraction of sp³-hybridized carbons (Fsp3) is 0.200. The van der Waals surface area contributed by atoms with E-state index < -0.39 is 17.5 Å². The summed E-state index contributed by atoms with van der Waals surface area (Å²) in [7, 11) is 0. The van der Waals surface area contributed by atoms with E-state index in [1.807, 2.05) is 0 Å². The number of aromatic nitrogens is 2. The summed E-state index contributed by atoms with van der Waals surface area (Å²) in [4.78, 5) is 30.0. The highest BCUT2D eigenvalue weighted by atomic mass is 16.5. The lowest BCUT2D eigenvalue weighted by atomic mass is 9.99. The van der Waals surface area contributed by atoms with Gasteiger partial charge in [0.2, 0.25) is 0 Å². The zero-order valence-corrected chi connectivity index (χ0v) is 12.6. The number of amides is 3. The third kappa shape index (κ3) is 2.09. The molecule has 9 nitrogen and oxygen atoms in total. The molecule has 0 bridgehead atoms. The van der Waals surface area contributed by atoms with Crippen molar-refractivity contribution in [3.63, 3.8) is 0 Å². The summed E-state index contributed by atoms with van der Waals surface area (Å²) in [5.41, 5.74) is -0.635. The van der Waals surface area contributed by atoms with Gasteiger partial charge in [-0.3, -0.25) is 9.69 Å². The molecule has 1 saturated heterocycles. The highest BCUT2D eigenvalue weighted by molar-refractivity contribution is 6.06. The molecule has 1 N–H and O–H groups in total. The fourth-order valence-corrected chi connectivity index (χ4v) is 2.53. The summed E-state index contributed by atoms with van der Waals surface area (Å²) in [6.07, 6.45) is 4.38. The smallest absolute Gasteiger partial charge is 0.325 e. The largest absolute Gasteiger partial charge is 0.472 e. The Bertz CT molecular complexity index is 883. The maximum absolute atomic E-state index is 12.7. The van der Waals surface area contributed by atoms with E-state index in [0.717, 1.165) is 4.90 Å². The van der Waals surface area contributed by atoms with Gasteiger partial charge in [0.1, 0.15) is 12.0 Å². The number of imide groups is 1. The van der Waals surface area contributed by atoms with Crippen molar-refractivity contribution in [2.24, 2.45) is 0 Å². The van der Waals surface area contributed by atoms with E-state index in [2.05, 4.69) is 15.5 Å². The van der Waals surface area contributed by atoms with Crippen molar-refractivity contribution in [3.05, 3.63) is 48.6 Å². The molecule has 0 saturated carbocycles. The van der Waals surface area contributed by atoms with Crippen molar-refractivity contribution in [1.29, 1.82) is 0 Å². The lowest BCUT2D eigenvalue weighted by molar-refractivity contribution is -0.132. The van der Waals surface area contributed by atoms with E-state index in [1.165, 1.54) is 18.8 Å². The molecule has 122 valence electrons. The molecule has 1 aliphatic rings. The highest BCUT2D eigenvalue weighted by Crippen LogP contribution is 2.30. The highest BCUT2D eigenvalue weighted by Gasteiger charge is 2.51. The first-order valence-corrected chi connectivity index (χ1v) is 7.11. The summed E-state index contributed by atoms with van der Waals surface area (Å²) < 4.78 is 15.3. The normalized spacial score (nSPS) is 20.6. The predicted molar refractivity (Wildman–Crippen MR) is 77.1 cm³/mol. The Morgan fingerprint density at radius 3 is 2.88 bits per heavy atom. The second kappa shape index (κ2) is 5.08. The predicted octanol–water partition coefficient (Wildman–Crippen LogP) is 1.89. The van der Waals surface area contributed by atoms with Crippen molar-refractivity contribution >= 4 is 11.9 Å². The summed E-state index contributed by atoms with van der Waals surface area (Å²) in [5, 5.41) is 6.42. The number of urea groups is 1. The van der Waals surface area contributed by atoms with Gasteiger partial charge in [-0.25, -0.2) is 4.79 Å². The van der Waals surface area contributed by atoms with Crippen LogP contribution in [0.3, 0.4) is 0 Å². The molecule has 24 heavy (non-hydrogen) atoms. The Labute approximate surface area is 135 Å². The number of hydrogen-bond donors (Lipinski definition) is 1. The van der Waals surface area contributed by atoms with Crippen molar-refractivity contribution in [3.8, 4) is 11.5 Å². The standard InChI is InChI=1S/C15H12N4O5/c1-15(10-3-2-5-23-10)13(20)19(14(21)17-15)7-11-16-12(24-18-11)9-4-6-22-8-9/h2-6,8H,7H2,1H3,(H,17,21). The molecule has 1 aliphatic heterocycles. The van der Waals surface area contributed by atoms with Gasteiger partial charge in [0, 0.05) is 0 Å². The van der Waals surface area contributed by atoms with Gasteiger partial charge in [-0.1, -0.05) is 5.16 Å². The molecule has 3 amide bonds. The maximum atomic E-state index is 12.7. The monoisotopic (exact) mass is 328 g/mol. The Morgan fingerprint density at radius 1 is 1.29 bits per heavy atom. The second-order valence-electron chi connectivity index (χ2n) is 5.45. The Hall–Kier alpha value is -3.36. The zero-order valence-electron chi connectivity index (χ0n) is 12.6. The first-order chi connectivity index (χ1) is 11.6. The molecule has 4 rings (SSSR count). The van der Waals surface area contributed by atoms with Crippen LogP contribution in [0.15, 0.2) is 50.3 Å². The molecule has 9 heteroatoms. The molecule has 4 heterocycles. The van der Waals surface area contributed by atoms with Crippen molar-refractivity contribution < 1.29 is 22.9 Å². The Balaban J connectivity index is 1.57. The number of nitrogens with zero attached hydrogens (tertiary/aromatic N) is 3. The molecule has 0 radical (unpaired) electrons. The van der Waals surface area contributed by atoms with Crippen LogP contribution in [0.5, 0.6) is 0 Å². The average Bonchev–Trinajstić information content (AvgIpc) is 3.34. The van der Waals surface area contributed by atoms with Gasteiger partial charge in [-0.05, 0) is 25.1 Å². The number of rotatable bonds is 4. The molecule has 3 aromatic heterocycles. The van der Waals surface area contributed by atoms with Crippen LogP contribution in [-0.4, -0.2) is 27.0 Å². The van der Waals surface area contributed by atoms with Crippen LogP contribution in [0, 0.1) is 0 Å². The lowest BCUT2D eigenvalue weighted by Gasteiger charge is -2.18. The first-order valence-electron chi connectivity index (χ1n) is 7.11. The number of carbonyl (C=O) groups excluding carboxylic acids is 2. The summed E-state index contributed by atoms with van der Waals surface area (Å²) in [6.45, 7) is 1.47. The van der Waals surface area contributed by atoms with E-state index >= 15 is 0 Å². The van der Waals surface area contributed by atoms with Gasteiger partial charge in [0.25, 0.3) is 11.8 Å². The molecule has 3 aromatic rings. The topological polar surface area (TPSA) is 115 Å².